The first-order chi connectivity index (χ1) is 11.2. The number of halogens is 1. The van der Waals surface area contributed by atoms with Crippen LogP contribution < -0.4 is 5.32 Å². The summed E-state index contributed by atoms with van der Waals surface area (Å²) >= 11 is 0. The topological polar surface area (TPSA) is 32.3 Å². The van der Waals surface area contributed by atoms with E-state index in [0.717, 1.165) is 24.9 Å². The second kappa shape index (κ2) is 7.38. The monoisotopic (exact) mass is 312 g/mol. The van der Waals surface area contributed by atoms with Gasteiger partial charge in [-0.3, -0.25) is 9.69 Å². The zero-order valence-electron chi connectivity index (χ0n) is 13.0. The van der Waals surface area contributed by atoms with Gasteiger partial charge in [-0.1, -0.05) is 42.5 Å². The lowest BCUT2D eigenvalue weighted by atomic mass is 10.0. The molecule has 0 radical (unpaired) electrons. The molecule has 1 heterocycles. The summed E-state index contributed by atoms with van der Waals surface area (Å²) in [4.78, 5) is 14.4. The Hall–Kier alpha value is -2.20. The summed E-state index contributed by atoms with van der Waals surface area (Å²) in [6, 6.07) is 16.9. The predicted octanol–water partition coefficient (Wildman–Crippen LogP) is 3.28. The van der Waals surface area contributed by atoms with Crippen LogP contribution in [0, 0.1) is 5.82 Å². The normalized spacial score (nSPS) is 18.0. The van der Waals surface area contributed by atoms with Gasteiger partial charge in [0.25, 0.3) is 0 Å². The third kappa shape index (κ3) is 4.17. The number of carbonyl (C=O) groups excluding carboxylic acids is 1. The number of nitrogens with one attached hydrogen (secondary N) is 1. The zero-order chi connectivity index (χ0) is 16.1. The van der Waals surface area contributed by atoms with Crippen molar-refractivity contribution in [2.24, 2.45) is 0 Å². The minimum absolute atomic E-state index is 0.0113. The number of likely N-dealkylation sites (tertiary alicyclic amines) is 1. The highest BCUT2D eigenvalue weighted by atomic mass is 19.1. The van der Waals surface area contributed by atoms with Gasteiger partial charge in [0.2, 0.25) is 5.91 Å². The van der Waals surface area contributed by atoms with Crippen molar-refractivity contribution in [2.75, 3.05) is 13.1 Å². The minimum atomic E-state index is -0.261. The summed E-state index contributed by atoms with van der Waals surface area (Å²) in [5.41, 5.74) is 2.18. The lowest BCUT2D eigenvalue weighted by Crippen LogP contribution is -2.36. The molecule has 1 amide bonds. The van der Waals surface area contributed by atoms with Gasteiger partial charge >= 0.3 is 0 Å². The highest BCUT2D eigenvalue weighted by Crippen LogP contribution is 2.31. The summed E-state index contributed by atoms with van der Waals surface area (Å²) in [6.07, 6.45) is 2.21. The van der Waals surface area contributed by atoms with Crippen LogP contribution in [-0.2, 0) is 11.3 Å². The number of rotatable bonds is 5. The van der Waals surface area contributed by atoms with E-state index in [1.165, 1.54) is 17.7 Å². The summed E-state index contributed by atoms with van der Waals surface area (Å²) in [5, 5.41) is 2.91. The van der Waals surface area contributed by atoms with Crippen molar-refractivity contribution in [3.8, 4) is 0 Å². The molecule has 1 aliphatic heterocycles. The van der Waals surface area contributed by atoms with Gasteiger partial charge in [-0.05, 0) is 42.6 Å². The molecule has 0 saturated carbocycles. The zero-order valence-corrected chi connectivity index (χ0v) is 13.0. The second-order valence-electron chi connectivity index (χ2n) is 5.94. The molecule has 0 aromatic heterocycles. The molecule has 0 spiro atoms. The Morgan fingerprint density at radius 3 is 2.61 bits per heavy atom. The van der Waals surface area contributed by atoms with E-state index in [-0.39, 0.29) is 11.7 Å². The molecule has 23 heavy (non-hydrogen) atoms. The van der Waals surface area contributed by atoms with Gasteiger partial charge in [-0.2, -0.15) is 0 Å². The molecular formula is C19H21FN2O. The Morgan fingerprint density at radius 2 is 1.87 bits per heavy atom. The summed E-state index contributed by atoms with van der Waals surface area (Å²) < 4.78 is 12.9. The van der Waals surface area contributed by atoms with E-state index in [1.807, 2.05) is 18.2 Å². The first-order valence-corrected chi connectivity index (χ1v) is 8.02. The molecule has 2 aromatic rings. The third-order valence-corrected chi connectivity index (χ3v) is 4.30. The van der Waals surface area contributed by atoms with Crippen molar-refractivity contribution in [3.05, 3.63) is 71.5 Å². The molecule has 0 bridgehead atoms. The van der Waals surface area contributed by atoms with E-state index in [0.29, 0.717) is 19.1 Å². The van der Waals surface area contributed by atoms with Crippen molar-refractivity contribution in [1.29, 1.82) is 0 Å². The number of carbonyl (C=O) groups is 1. The summed E-state index contributed by atoms with van der Waals surface area (Å²) in [7, 11) is 0. The number of hydrogen-bond donors (Lipinski definition) is 1. The van der Waals surface area contributed by atoms with E-state index in [2.05, 4.69) is 22.3 Å². The van der Waals surface area contributed by atoms with Crippen LogP contribution in [0.25, 0.3) is 0 Å². The van der Waals surface area contributed by atoms with Crippen LogP contribution in [0.1, 0.15) is 30.0 Å². The van der Waals surface area contributed by atoms with E-state index in [4.69, 9.17) is 0 Å². The third-order valence-electron chi connectivity index (χ3n) is 4.30. The molecule has 3 rings (SSSR count). The van der Waals surface area contributed by atoms with Crippen LogP contribution in [0.4, 0.5) is 4.39 Å². The van der Waals surface area contributed by atoms with E-state index in [9.17, 15) is 9.18 Å². The van der Waals surface area contributed by atoms with Crippen LogP contribution in [-0.4, -0.2) is 23.9 Å². The fourth-order valence-electron chi connectivity index (χ4n) is 3.11. The largest absolute Gasteiger partial charge is 0.351 e. The molecule has 1 aliphatic rings. The van der Waals surface area contributed by atoms with Crippen molar-refractivity contribution >= 4 is 5.91 Å². The second-order valence-corrected chi connectivity index (χ2v) is 5.94. The molecule has 4 heteroatoms. The Labute approximate surface area is 136 Å². The van der Waals surface area contributed by atoms with E-state index < -0.39 is 0 Å². The fourth-order valence-corrected chi connectivity index (χ4v) is 3.11. The summed E-state index contributed by atoms with van der Waals surface area (Å²) in [6.45, 7) is 1.78. The van der Waals surface area contributed by atoms with Gasteiger partial charge in [0.15, 0.2) is 0 Å². The van der Waals surface area contributed by atoms with Gasteiger partial charge in [0.1, 0.15) is 5.82 Å². The van der Waals surface area contributed by atoms with Crippen molar-refractivity contribution < 1.29 is 9.18 Å². The number of benzene rings is 2. The maximum absolute atomic E-state index is 12.9. The predicted molar refractivity (Wildman–Crippen MR) is 88.2 cm³/mol. The molecule has 120 valence electrons. The molecular weight excluding hydrogens is 291 g/mol. The van der Waals surface area contributed by atoms with Gasteiger partial charge in [0.05, 0.1) is 6.54 Å². The fraction of sp³-hybridized carbons (Fsp3) is 0.316. The molecule has 1 atom stereocenters. The molecule has 1 N–H and O–H groups in total. The van der Waals surface area contributed by atoms with Crippen LogP contribution in [0.5, 0.6) is 0 Å². The van der Waals surface area contributed by atoms with E-state index >= 15 is 0 Å². The number of nitrogens with zero attached hydrogens (tertiary/aromatic N) is 1. The molecule has 3 nitrogen and oxygen atoms in total. The molecule has 2 aromatic carbocycles. The highest BCUT2D eigenvalue weighted by molar-refractivity contribution is 5.78. The van der Waals surface area contributed by atoms with Crippen molar-refractivity contribution in [3.63, 3.8) is 0 Å². The lowest BCUT2D eigenvalue weighted by Gasteiger charge is -2.24. The number of hydrogen-bond acceptors (Lipinski definition) is 2. The quantitative estimate of drug-likeness (QED) is 0.919. The Kier molecular flexibility index (Phi) is 5.03. The van der Waals surface area contributed by atoms with Gasteiger partial charge in [0, 0.05) is 12.6 Å². The maximum atomic E-state index is 12.9. The SMILES string of the molecule is O=C(CN1CCCC1c1ccccc1)NCc1ccc(F)cc1. The molecule has 1 unspecified atom stereocenters. The lowest BCUT2D eigenvalue weighted by molar-refractivity contribution is -0.122. The van der Waals surface area contributed by atoms with Crippen LogP contribution in [0.15, 0.2) is 54.6 Å². The van der Waals surface area contributed by atoms with Crippen molar-refractivity contribution in [2.45, 2.75) is 25.4 Å². The Balaban J connectivity index is 1.53. The standard InChI is InChI=1S/C19H21FN2O/c20-17-10-8-15(9-11-17)13-21-19(23)14-22-12-4-7-18(22)16-5-2-1-3-6-16/h1-3,5-6,8-11,18H,4,7,12-14H2,(H,21,23). The van der Waals surface area contributed by atoms with Gasteiger partial charge in [-0.15, -0.1) is 0 Å². The Bertz CT molecular complexity index is 642. The minimum Gasteiger partial charge on any atom is -0.351 e. The first kappa shape index (κ1) is 15.7. The van der Waals surface area contributed by atoms with Crippen molar-refractivity contribution in [1.82, 2.24) is 10.2 Å². The molecule has 1 fully saturated rings. The summed E-state index contributed by atoms with van der Waals surface area (Å²) in [5.74, 6) is -0.250. The maximum Gasteiger partial charge on any atom is 0.234 e. The highest BCUT2D eigenvalue weighted by Gasteiger charge is 2.27. The molecule has 1 saturated heterocycles. The average Bonchev–Trinajstić information content (AvgIpc) is 3.03. The van der Waals surface area contributed by atoms with Gasteiger partial charge < -0.3 is 5.32 Å². The Morgan fingerprint density at radius 1 is 1.13 bits per heavy atom. The average molecular weight is 312 g/mol. The van der Waals surface area contributed by atoms with Crippen LogP contribution in [0.2, 0.25) is 0 Å². The van der Waals surface area contributed by atoms with Gasteiger partial charge in [-0.25, -0.2) is 4.39 Å². The number of amides is 1. The van der Waals surface area contributed by atoms with Crippen LogP contribution in [0.3, 0.4) is 0 Å². The smallest absolute Gasteiger partial charge is 0.234 e. The first-order valence-electron chi connectivity index (χ1n) is 8.02. The molecule has 0 aliphatic carbocycles. The van der Waals surface area contributed by atoms with E-state index in [1.54, 1.807) is 12.1 Å². The van der Waals surface area contributed by atoms with Crippen LogP contribution >= 0.6 is 0 Å².